The van der Waals surface area contributed by atoms with E-state index in [0.29, 0.717) is 18.0 Å². The van der Waals surface area contributed by atoms with Crippen LogP contribution < -0.4 is 15.4 Å². The molecule has 0 aliphatic rings. The normalized spacial score (nSPS) is 11.3. The van der Waals surface area contributed by atoms with Gasteiger partial charge in [-0.15, -0.1) is 0 Å². The minimum Gasteiger partial charge on any atom is -0.360 e. The molecule has 1 heterocycles. The third-order valence-electron chi connectivity index (χ3n) is 4.61. The van der Waals surface area contributed by atoms with Crippen LogP contribution in [0.1, 0.15) is 64.1 Å². The molecular weight excluding hydrogens is 404 g/mol. The molecule has 0 saturated carbocycles. The van der Waals surface area contributed by atoms with Crippen LogP contribution in [0, 0.1) is 6.92 Å². The van der Waals surface area contributed by atoms with Gasteiger partial charge in [-0.1, -0.05) is 57.0 Å². The van der Waals surface area contributed by atoms with Gasteiger partial charge in [-0.2, -0.15) is 0 Å². The van der Waals surface area contributed by atoms with Crippen LogP contribution in [0.15, 0.2) is 39.8 Å². The smallest absolute Gasteiger partial charge is 0.319 e. The monoisotopic (exact) mass is 436 g/mol. The van der Waals surface area contributed by atoms with E-state index in [1.807, 2.05) is 0 Å². The van der Waals surface area contributed by atoms with Gasteiger partial charge in [0.2, 0.25) is 0 Å². The largest absolute Gasteiger partial charge is 0.360 e. The highest BCUT2D eigenvalue weighted by Gasteiger charge is 2.16. The number of aryl methyl sites for hydroxylation is 1. The Morgan fingerprint density at radius 1 is 1.00 bits per heavy atom. The molecule has 8 nitrogen and oxygen atoms in total. The molecule has 166 valence electrons. The highest BCUT2D eigenvalue weighted by atomic mass is 32.2. The summed E-state index contributed by atoms with van der Waals surface area (Å²) in [6.45, 7) is 4.50. The second-order valence-corrected chi connectivity index (χ2v) is 8.99. The molecule has 2 rings (SSSR count). The van der Waals surface area contributed by atoms with Crippen LogP contribution in [-0.2, 0) is 10.0 Å². The topological polar surface area (TPSA) is 113 Å². The number of anilines is 2. The fourth-order valence-electron chi connectivity index (χ4n) is 2.96. The first-order valence-electron chi connectivity index (χ1n) is 10.5. The number of rotatable bonds is 13. The van der Waals surface area contributed by atoms with Crippen LogP contribution in [0.25, 0.3) is 0 Å². The van der Waals surface area contributed by atoms with Crippen LogP contribution in [0.5, 0.6) is 0 Å². The van der Waals surface area contributed by atoms with E-state index in [2.05, 4.69) is 27.4 Å². The van der Waals surface area contributed by atoms with Crippen molar-refractivity contribution in [2.45, 2.75) is 70.1 Å². The number of amides is 2. The number of unbranched alkanes of at least 4 members (excludes halogenated alkanes) is 7. The summed E-state index contributed by atoms with van der Waals surface area (Å²) in [6.07, 6.45) is 9.69. The van der Waals surface area contributed by atoms with E-state index >= 15 is 0 Å². The van der Waals surface area contributed by atoms with Crippen molar-refractivity contribution in [2.75, 3.05) is 16.6 Å². The summed E-state index contributed by atoms with van der Waals surface area (Å²) < 4.78 is 31.9. The van der Waals surface area contributed by atoms with Gasteiger partial charge in [0, 0.05) is 18.3 Å². The van der Waals surface area contributed by atoms with Gasteiger partial charge in [0.05, 0.1) is 4.90 Å². The van der Waals surface area contributed by atoms with E-state index in [4.69, 9.17) is 4.52 Å². The Morgan fingerprint density at radius 3 is 2.23 bits per heavy atom. The summed E-state index contributed by atoms with van der Waals surface area (Å²) in [4.78, 5) is 12.0. The van der Waals surface area contributed by atoms with Crippen LogP contribution >= 0.6 is 0 Å². The molecule has 1 aromatic heterocycles. The number of sulfonamides is 1. The van der Waals surface area contributed by atoms with E-state index in [-0.39, 0.29) is 16.7 Å². The molecule has 0 aliphatic carbocycles. The second-order valence-electron chi connectivity index (χ2n) is 7.31. The van der Waals surface area contributed by atoms with Crippen LogP contribution in [-0.4, -0.2) is 26.2 Å². The zero-order valence-corrected chi connectivity index (χ0v) is 18.6. The Labute approximate surface area is 178 Å². The van der Waals surface area contributed by atoms with Gasteiger partial charge in [-0.25, -0.2) is 13.2 Å². The molecule has 0 saturated heterocycles. The van der Waals surface area contributed by atoms with E-state index in [9.17, 15) is 13.2 Å². The zero-order chi connectivity index (χ0) is 21.8. The number of nitrogens with one attached hydrogen (secondary N) is 3. The number of benzene rings is 1. The minimum atomic E-state index is -3.78. The maximum absolute atomic E-state index is 12.4. The first-order chi connectivity index (χ1) is 14.4. The molecule has 0 radical (unpaired) electrons. The van der Waals surface area contributed by atoms with Crippen molar-refractivity contribution < 1.29 is 17.7 Å². The van der Waals surface area contributed by atoms with E-state index in [1.165, 1.54) is 56.7 Å². The number of hydrogen-bond acceptors (Lipinski definition) is 5. The van der Waals surface area contributed by atoms with Gasteiger partial charge in [0.25, 0.3) is 10.0 Å². The molecule has 0 fully saturated rings. The lowest BCUT2D eigenvalue weighted by Crippen LogP contribution is -2.29. The van der Waals surface area contributed by atoms with Gasteiger partial charge < -0.3 is 15.2 Å². The number of urea groups is 1. The van der Waals surface area contributed by atoms with Crippen LogP contribution in [0.3, 0.4) is 0 Å². The Kier molecular flexibility index (Phi) is 9.66. The highest BCUT2D eigenvalue weighted by Crippen LogP contribution is 2.18. The number of hydrogen-bond donors (Lipinski definition) is 3. The number of carbonyl (C=O) groups excluding carboxylic acids is 1. The SMILES string of the molecule is CCCCCCCCCCNC(=O)Nc1ccc(S(=O)(=O)Nc2cc(C)on2)cc1. The molecule has 0 atom stereocenters. The predicted molar refractivity (Wildman–Crippen MR) is 118 cm³/mol. The maximum atomic E-state index is 12.4. The summed E-state index contributed by atoms with van der Waals surface area (Å²) in [6, 6.07) is 7.11. The lowest BCUT2D eigenvalue weighted by Gasteiger charge is -2.09. The van der Waals surface area contributed by atoms with Gasteiger partial charge in [-0.3, -0.25) is 4.72 Å². The minimum absolute atomic E-state index is 0.0630. The molecule has 2 amide bonds. The number of nitrogens with zero attached hydrogens (tertiary/aromatic N) is 1. The molecule has 30 heavy (non-hydrogen) atoms. The van der Waals surface area contributed by atoms with Gasteiger partial charge in [0.1, 0.15) is 5.76 Å². The quantitative estimate of drug-likeness (QED) is 0.380. The average molecular weight is 437 g/mol. The Balaban J connectivity index is 1.69. The highest BCUT2D eigenvalue weighted by molar-refractivity contribution is 7.92. The fraction of sp³-hybridized carbons (Fsp3) is 0.524. The van der Waals surface area contributed by atoms with Crippen molar-refractivity contribution >= 4 is 27.6 Å². The second kappa shape index (κ2) is 12.2. The predicted octanol–water partition coefficient (Wildman–Crippen LogP) is 5.05. The van der Waals surface area contributed by atoms with Crippen molar-refractivity contribution in [3.05, 3.63) is 36.1 Å². The molecule has 3 N–H and O–H groups in total. The molecular formula is C21H32N4O4S. The maximum Gasteiger partial charge on any atom is 0.319 e. The van der Waals surface area contributed by atoms with Crippen LogP contribution in [0.2, 0.25) is 0 Å². The van der Waals surface area contributed by atoms with Gasteiger partial charge in [0.15, 0.2) is 5.82 Å². The number of aromatic nitrogens is 1. The van der Waals surface area contributed by atoms with Crippen molar-refractivity contribution in [3.8, 4) is 0 Å². The van der Waals surface area contributed by atoms with Crippen LogP contribution in [0.4, 0.5) is 16.3 Å². The Bertz CT molecular complexity index is 879. The average Bonchev–Trinajstić information content (AvgIpc) is 3.11. The van der Waals surface area contributed by atoms with E-state index < -0.39 is 10.0 Å². The third-order valence-corrected chi connectivity index (χ3v) is 5.98. The van der Waals surface area contributed by atoms with Crippen molar-refractivity contribution in [1.82, 2.24) is 10.5 Å². The molecule has 0 spiro atoms. The van der Waals surface area contributed by atoms with Gasteiger partial charge in [-0.05, 0) is 37.6 Å². The fourth-order valence-corrected chi connectivity index (χ4v) is 3.95. The summed E-state index contributed by atoms with van der Waals surface area (Å²) in [5, 5.41) is 9.15. The first-order valence-corrected chi connectivity index (χ1v) is 12.0. The molecule has 0 unspecified atom stereocenters. The summed E-state index contributed by atoms with van der Waals surface area (Å²) in [7, 11) is -3.78. The van der Waals surface area contributed by atoms with Gasteiger partial charge >= 0.3 is 6.03 Å². The van der Waals surface area contributed by atoms with Crippen molar-refractivity contribution in [3.63, 3.8) is 0 Å². The Hall–Kier alpha value is -2.55. The molecule has 9 heteroatoms. The Morgan fingerprint density at radius 2 is 1.63 bits per heavy atom. The molecule has 0 bridgehead atoms. The van der Waals surface area contributed by atoms with Crippen molar-refractivity contribution in [1.29, 1.82) is 0 Å². The summed E-state index contributed by atoms with van der Waals surface area (Å²) in [5.74, 6) is 0.625. The molecule has 0 aliphatic heterocycles. The summed E-state index contributed by atoms with van der Waals surface area (Å²) in [5.41, 5.74) is 0.514. The lowest BCUT2D eigenvalue weighted by molar-refractivity contribution is 0.252. The third kappa shape index (κ3) is 8.44. The molecule has 2 aromatic rings. The van der Waals surface area contributed by atoms with E-state index in [0.717, 1.165) is 12.8 Å². The zero-order valence-electron chi connectivity index (χ0n) is 17.7. The standard InChI is InChI=1S/C21H32N4O4S/c1-3-4-5-6-7-8-9-10-15-22-21(26)23-18-11-13-19(14-12-18)30(27,28)25-20-16-17(2)29-24-20/h11-14,16H,3-10,15H2,1-2H3,(H,24,25)(H2,22,23,26). The molecule has 1 aromatic carbocycles. The lowest BCUT2D eigenvalue weighted by atomic mass is 10.1. The first kappa shape index (κ1) is 23.7. The van der Waals surface area contributed by atoms with Crippen molar-refractivity contribution in [2.24, 2.45) is 0 Å². The summed E-state index contributed by atoms with van der Waals surface area (Å²) >= 11 is 0. The van der Waals surface area contributed by atoms with E-state index in [1.54, 1.807) is 19.1 Å². The number of carbonyl (C=O) groups is 1.